The van der Waals surface area contributed by atoms with Gasteiger partial charge in [-0.05, 0) is 53.8 Å². The van der Waals surface area contributed by atoms with Gasteiger partial charge in [-0.2, -0.15) is 0 Å². The highest BCUT2D eigenvalue weighted by Gasteiger charge is 2.27. The lowest BCUT2D eigenvalue weighted by Crippen LogP contribution is -2.40. The first-order valence-corrected chi connectivity index (χ1v) is 10.5. The van der Waals surface area contributed by atoms with Gasteiger partial charge in [0.1, 0.15) is 5.75 Å². The van der Waals surface area contributed by atoms with Gasteiger partial charge in [0.25, 0.3) is 11.5 Å². The first kappa shape index (κ1) is 18.6. The van der Waals surface area contributed by atoms with Gasteiger partial charge < -0.3 is 9.64 Å². The van der Waals surface area contributed by atoms with Crippen LogP contribution in [0.5, 0.6) is 5.75 Å². The minimum absolute atomic E-state index is 0.0249. The highest BCUT2D eigenvalue weighted by Crippen LogP contribution is 2.24. The lowest BCUT2D eigenvalue weighted by molar-refractivity contribution is 0.0737. The number of nitrogens with one attached hydrogen (secondary N) is 1. The Kier molecular flexibility index (Phi) is 4.43. The Morgan fingerprint density at radius 3 is 2.73 bits per heavy atom. The third-order valence-electron chi connectivity index (χ3n) is 5.51. The second kappa shape index (κ2) is 7.14. The number of aromatic amines is 1. The summed E-state index contributed by atoms with van der Waals surface area (Å²) >= 11 is 1.44. The van der Waals surface area contributed by atoms with Gasteiger partial charge in [0.15, 0.2) is 5.65 Å². The van der Waals surface area contributed by atoms with Crippen LogP contribution in [0, 0.1) is 6.92 Å². The zero-order chi connectivity index (χ0) is 20.8. The van der Waals surface area contributed by atoms with Crippen molar-refractivity contribution in [3.63, 3.8) is 0 Å². The fourth-order valence-corrected chi connectivity index (χ4v) is 4.70. The summed E-state index contributed by atoms with van der Waals surface area (Å²) in [5.74, 6) is 0.745. The van der Waals surface area contributed by atoms with E-state index in [2.05, 4.69) is 5.10 Å². The van der Waals surface area contributed by atoms with Gasteiger partial charge >= 0.3 is 0 Å². The Hall–Kier alpha value is -3.39. The van der Waals surface area contributed by atoms with Gasteiger partial charge in [0, 0.05) is 19.0 Å². The molecule has 0 saturated carbocycles. The summed E-state index contributed by atoms with van der Waals surface area (Å²) in [7, 11) is 1.62. The van der Waals surface area contributed by atoms with Crippen LogP contribution in [0.1, 0.15) is 26.5 Å². The minimum atomic E-state index is -0.157. The number of thiophene rings is 1. The van der Waals surface area contributed by atoms with Crippen LogP contribution in [-0.2, 0) is 13.0 Å². The molecule has 0 atom stereocenters. The molecular formula is C22H20N4O3S. The number of ether oxygens (including phenoxy) is 1. The van der Waals surface area contributed by atoms with Gasteiger partial charge in [-0.25, -0.2) is 9.50 Å². The maximum atomic E-state index is 13.2. The third-order valence-corrected chi connectivity index (χ3v) is 6.51. The second-order valence-electron chi connectivity index (χ2n) is 7.34. The molecule has 1 amide bonds. The second-order valence-corrected chi connectivity index (χ2v) is 8.26. The highest BCUT2D eigenvalue weighted by molar-refractivity contribution is 7.12. The van der Waals surface area contributed by atoms with Crippen molar-refractivity contribution in [1.29, 1.82) is 0 Å². The van der Waals surface area contributed by atoms with E-state index >= 15 is 0 Å². The number of carbonyl (C=O) groups is 1. The van der Waals surface area contributed by atoms with Crippen LogP contribution in [0.25, 0.3) is 16.9 Å². The highest BCUT2D eigenvalue weighted by atomic mass is 32.1. The fourth-order valence-electron chi connectivity index (χ4n) is 3.81. The Labute approximate surface area is 176 Å². The molecule has 4 heterocycles. The monoisotopic (exact) mass is 420 g/mol. The summed E-state index contributed by atoms with van der Waals surface area (Å²) < 4.78 is 6.67. The van der Waals surface area contributed by atoms with Crippen LogP contribution in [-0.4, -0.2) is 39.1 Å². The maximum Gasteiger partial charge on any atom is 0.277 e. The molecule has 1 aromatic carbocycles. The fraction of sp³-hybridized carbons (Fsp3) is 0.227. The van der Waals surface area contributed by atoms with Gasteiger partial charge in [-0.15, -0.1) is 11.3 Å². The molecule has 8 heteroatoms. The van der Waals surface area contributed by atoms with E-state index in [1.54, 1.807) is 12.0 Å². The number of hydrogen-bond donors (Lipinski definition) is 1. The normalized spacial score (nSPS) is 13.5. The minimum Gasteiger partial charge on any atom is -0.497 e. The lowest BCUT2D eigenvalue weighted by Gasteiger charge is -2.27. The number of amides is 1. The summed E-state index contributed by atoms with van der Waals surface area (Å²) in [6.45, 7) is 2.76. The van der Waals surface area contributed by atoms with Crippen molar-refractivity contribution in [3.05, 3.63) is 73.8 Å². The first-order chi connectivity index (χ1) is 14.5. The molecule has 1 aliphatic rings. The van der Waals surface area contributed by atoms with E-state index in [0.29, 0.717) is 24.2 Å². The molecule has 3 aromatic heterocycles. The average Bonchev–Trinajstić information content (AvgIpc) is 3.39. The Morgan fingerprint density at radius 2 is 2.03 bits per heavy atom. The molecule has 4 aromatic rings. The van der Waals surface area contributed by atoms with Crippen molar-refractivity contribution in [1.82, 2.24) is 19.5 Å². The molecular weight excluding hydrogens is 400 g/mol. The van der Waals surface area contributed by atoms with Gasteiger partial charge in [-0.1, -0.05) is 0 Å². The van der Waals surface area contributed by atoms with Crippen LogP contribution >= 0.6 is 11.3 Å². The molecule has 0 bridgehead atoms. The summed E-state index contributed by atoms with van der Waals surface area (Å²) in [6, 6.07) is 11.4. The van der Waals surface area contributed by atoms with Crippen molar-refractivity contribution >= 4 is 22.9 Å². The standard InChI is InChI=1S/C22H20N4O3S/c1-13-8-10-30-20(13)22(28)25-9-7-17-16(12-25)21(27)26-19(23-17)11-18(24-26)14-3-5-15(29-2)6-4-14/h3-6,8,10-11,24H,7,9,12H2,1-2H3. The molecule has 0 aliphatic carbocycles. The number of nitrogens with zero attached hydrogens (tertiary/aromatic N) is 3. The van der Waals surface area contributed by atoms with Crippen molar-refractivity contribution in [3.8, 4) is 17.0 Å². The molecule has 0 radical (unpaired) electrons. The van der Waals surface area contributed by atoms with Gasteiger partial charge in [0.05, 0.1) is 35.5 Å². The zero-order valence-electron chi connectivity index (χ0n) is 16.6. The van der Waals surface area contributed by atoms with E-state index in [0.717, 1.165) is 33.1 Å². The molecule has 5 rings (SSSR count). The molecule has 0 spiro atoms. The Morgan fingerprint density at radius 1 is 1.23 bits per heavy atom. The lowest BCUT2D eigenvalue weighted by atomic mass is 10.1. The van der Waals surface area contributed by atoms with E-state index in [-0.39, 0.29) is 18.0 Å². The molecule has 0 unspecified atom stereocenters. The van der Waals surface area contributed by atoms with Crippen LogP contribution in [0.3, 0.4) is 0 Å². The summed E-state index contributed by atoms with van der Waals surface area (Å²) in [6.07, 6.45) is 0.570. The number of aromatic nitrogens is 3. The quantitative estimate of drug-likeness (QED) is 0.552. The number of carbonyl (C=O) groups excluding carboxylic acids is 1. The van der Waals surface area contributed by atoms with E-state index in [9.17, 15) is 9.59 Å². The van der Waals surface area contributed by atoms with E-state index in [1.165, 1.54) is 15.9 Å². The van der Waals surface area contributed by atoms with Crippen LogP contribution in [0.15, 0.2) is 46.6 Å². The molecule has 0 fully saturated rings. The largest absolute Gasteiger partial charge is 0.497 e. The number of benzene rings is 1. The van der Waals surface area contributed by atoms with Crippen molar-refractivity contribution in [2.24, 2.45) is 0 Å². The molecule has 7 nitrogen and oxygen atoms in total. The SMILES string of the molecule is COc1ccc(-c2cc3nc4c(c(=O)n3[nH]2)CN(C(=O)c2sccc2C)CC4)cc1. The first-order valence-electron chi connectivity index (χ1n) is 9.66. The summed E-state index contributed by atoms with van der Waals surface area (Å²) in [5.41, 5.74) is 4.47. The number of fused-ring (bicyclic) bond motifs is 2. The topological polar surface area (TPSA) is 79.7 Å². The molecule has 30 heavy (non-hydrogen) atoms. The zero-order valence-corrected chi connectivity index (χ0v) is 17.5. The predicted octanol–water partition coefficient (Wildman–Crippen LogP) is 3.27. The van der Waals surface area contributed by atoms with Crippen LogP contribution in [0.2, 0.25) is 0 Å². The third kappa shape index (κ3) is 3.00. The number of hydrogen-bond acceptors (Lipinski definition) is 5. The van der Waals surface area contributed by atoms with Crippen molar-refractivity contribution in [2.45, 2.75) is 19.9 Å². The number of rotatable bonds is 3. The summed E-state index contributed by atoms with van der Waals surface area (Å²) in [4.78, 5) is 33.2. The molecule has 152 valence electrons. The number of H-pyrrole nitrogens is 1. The smallest absolute Gasteiger partial charge is 0.277 e. The van der Waals surface area contributed by atoms with E-state index < -0.39 is 0 Å². The summed E-state index contributed by atoms with van der Waals surface area (Å²) in [5, 5.41) is 5.06. The van der Waals surface area contributed by atoms with Crippen LogP contribution < -0.4 is 10.3 Å². The van der Waals surface area contributed by atoms with E-state index in [4.69, 9.17) is 9.72 Å². The number of aryl methyl sites for hydroxylation is 1. The van der Waals surface area contributed by atoms with Gasteiger partial charge in [-0.3, -0.25) is 14.7 Å². The Bertz CT molecular complexity index is 1320. The molecule has 1 N–H and O–H groups in total. The van der Waals surface area contributed by atoms with Gasteiger partial charge in [0.2, 0.25) is 0 Å². The predicted molar refractivity (Wildman–Crippen MR) is 115 cm³/mol. The van der Waals surface area contributed by atoms with Crippen molar-refractivity contribution < 1.29 is 9.53 Å². The molecule has 0 saturated heterocycles. The molecule has 1 aliphatic heterocycles. The average molecular weight is 420 g/mol. The maximum absolute atomic E-state index is 13.2. The van der Waals surface area contributed by atoms with Crippen molar-refractivity contribution in [2.75, 3.05) is 13.7 Å². The van der Waals surface area contributed by atoms with E-state index in [1.807, 2.05) is 48.7 Å². The Balaban J connectivity index is 1.51. The number of methoxy groups -OCH3 is 1. The van der Waals surface area contributed by atoms with Crippen LogP contribution in [0.4, 0.5) is 0 Å².